The number of nitriles is 1. The molecule has 0 radical (unpaired) electrons. The van der Waals surface area contributed by atoms with Crippen molar-refractivity contribution in [2.75, 3.05) is 13.7 Å². The molecule has 0 saturated heterocycles. The lowest BCUT2D eigenvalue weighted by Crippen LogP contribution is -2.21. The van der Waals surface area contributed by atoms with Gasteiger partial charge in [0.2, 0.25) is 5.60 Å². The van der Waals surface area contributed by atoms with Crippen LogP contribution in [0.25, 0.3) is 0 Å². The maximum absolute atomic E-state index is 9.09. The molecule has 1 saturated carbocycles. The zero-order valence-corrected chi connectivity index (χ0v) is 12.3. The first-order chi connectivity index (χ1) is 10.1. The second-order valence-electron chi connectivity index (χ2n) is 5.77. The summed E-state index contributed by atoms with van der Waals surface area (Å²) in [4.78, 5) is 5.22. The van der Waals surface area contributed by atoms with Gasteiger partial charge in [0.1, 0.15) is 6.07 Å². The quantitative estimate of drug-likeness (QED) is 0.835. The fourth-order valence-corrected chi connectivity index (χ4v) is 2.22. The number of oxime groups is 1. The number of ether oxygens (including phenoxy) is 2. The molecule has 3 rings (SSSR count). The van der Waals surface area contributed by atoms with E-state index >= 15 is 0 Å². The third-order valence-corrected chi connectivity index (χ3v) is 3.77. The van der Waals surface area contributed by atoms with Gasteiger partial charge in [0.05, 0.1) is 19.4 Å². The summed E-state index contributed by atoms with van der Waals surface area (Å²) in [7, 11) is 1.63. The third-order valence-electron chi connectivity index (χ3n) is 3.77. The number of nitrogens with zero attached hydrogens (tertiary/aromatic N) is 2. The monoisotopic (exact) mass is 286 g/mol. The Hall–Kier alpha value is -2.22. The first-order valence-electron chi connectivity index (χ1n) is 7.11. The van der Waals surface area contributed by atoms with E-state index in [1.165, 1.54) is 12.8 Å². The van der Waals surface area contributed by atoms with Crippen molar-refractivity contribution in [2.45, 2.75) is 31.8 Å². The summed E-state index contributed by atoms with van der Waals surface area (Å²) in [6, 6.07) is 7.82. The summed E-state index contributed by atoms with van der Waals surface area (Å²) in [6.07, 6.45) is 2.95. The molecule has 1 fully saturated rings. The van der Waals surface area contributed by atoms with E-state index < -0.39 is 5.60 Å². The van der Waals surface area contributed by atoms with Gasteiger partial charge in [-0.05, 0) is 43.9 Å². The molecular formula is C16H18N2O3. The van der Waals surface area contributed by atoms with Gasteiger partial charge in [-0.2, -0.15) is 5.26 Å². The minimum Gasteiger partial charge on any atom is -0.493 e. The van der Waals surface area contributed by atoms with Crippen LogP contribution in [-0.4, -0.2) is 25.0 Å². The first kappa shape index (κ1) is 13.7. The molecular weight excluding hydrogens is 268 g/mol. The molecule has 21 heavy (non-hydrogen) atoms. The number of rotatable bonds is 5. The highest BCUT2D eigenvalue weighted by Gasteiger charge is 2.35. The lowest BCUT2D eigenvalue weighted by atomic mass is 9.97. The Morgan fingerprint density at radius 2 is 2.24 bits per heavy atom. The molecule has 1 atom stereocenters. The van der Waals surface area contributed by atoms with Gasteiger partial charge in [-0.25, -0.2) is 0 Å². The average molecular weight is 286 g/mol. The van der Waals surface area contributed by atoms with Gasteiger partial charge in [-0.15, -0.1) is 0 Å². The highest BCUT2D eigenvalue weighted by atomic mass is 16.7. The zero-order valence-electron chi connectivity index (χ0n) is 12.3. The molecule has 0 N–H and O–H groups in total. The Morgan fingerprint density at radius 3 is 2.86 bits per heavy atom. The van der Waals surface area contributed by atoms with Crippen molar-refractivity contribution in [3.8, 4) is 17.6 Å². The number of hydrogen-bond donors (Lipinski definition) is 0. The zero-order chi connectivity index (χ0) is 14.9. The van der Waals surface area contributed by atoms with Crippen LogP contribution < -0.4 is 9.47 Å². The molecule has 1 heterocycles. The van der Waals surface area contributed by atoms with Crippen LogP contribution >= 0.6 is 0 Å². The summed E-state index contributed by atoms with van der Waals surface area (Å²) < 4.78 is 11.2. The lowest BCUT2D eigenvalue weighted by molar-refractivity contribution is 0.0425. The van der Waals surface area contributed by atoms with Crippen molar-refractivity contribution in [1.82, 2.24) is 0 Å². The van der Waals surface area contributed by atoms with Crippen molar-refractivity contribution in [1.29, 1.82) is 5.26 Å². The standard InChI is InChI=1S/C16H18N2O3/c1-16(10-17)8-13(18-21-16)12-5-6-14(19-2)15(7-12)20-9-11-3-4-11/h5-7,11H,3-4,8-9H2,1-2H3. The van der Waals surface area contributed by atoms with Crippen molar-refractivity contribution in [3.05, 3.63) is 23.8 Å². The van der Waals surface area contributed by atoms with Gasteiger partial charge < -0.3 is 14.3 Å². The van der Waals surface area contributed by atoms with E-state index in [0.29, 0.717) is 18.1 Å². The largest absolute Gasteiger partial charge is 0.493 e. The Morgan fingerprint density at radius 1 is 1.43 bits per heavy atom. The average Bonchev–Trinajstić information content (AvgIpc) is 3.26. The fourth-order valence-electron chi connectivity index (χ4n) is 2.22. The maximum Gasteiger partial charge on any atom is 0.225 e. The van der Waals surface area contributed by atoms with Crippen LogP contribution in [0.5, 0.6) is 11.5 Å². The van der Waals surface area contributed by atoms with E-state index in [1.54, 1.807) is 14.0 Å². The Labute approximate surface area is 124 Å². The second kappa shape index (κ2) is 5.28. The molecule has 1 aliphatic carbocycles. The van der Waals surface area contributed by atoms with Gasteiger partial charge in [-0.3, -0.25) is 0 Å². The summed E-state index contributed by atoms with van der Waals surface area (Å²) in [5, 5.41) is 13.1. The normalized spacial score (nSPS) is 24.0. The van der Waals surface area contributed by atoms with Crippen LogP contribution in [0.15, 0.2) is 23.4 Å². The molecule has 0 aromatic heterocycles. The summed E-state index contributed by atoms with van der Waals surface area (Å²) in [5.74, 6) is 2.10. The third kappa shape index (κ3) is 2.94. The highest BCUT2D eigenvalue weighted by Crippen LogP contribution is 2.34. The van der Waals surface area contributed by atoms with Crippen molar-refractivity contribution in [2.24, 2.45) is 11.1 Å². The second-order valence-corrected chi connectivity index (χ2v) is 5.77. The summed E-state index contributed by atoms with van der Waals surface area (Å²) in [6.45, 7) is 2.45. The minimum atomic E-state index is -0.871. The Kier molecular flexibility index (Phi) is 3.46. The van der Waals surface area contributed by atoms with E-state index in [0.717, 1.165) is 23.6 Å². The molecule has 0 spiro atoms. The molecule has 0 amide bonds. The molecule has 5 heteroatoms. The van der Waals surface area contributed by atoms with E-state index in [4.69, 9.17) is 19.6 Å². The molecule has 1 aromatic carbocycles. The predicted octanol–water partition coefficient (Wildman–Crippen LogP) is 2.89. The number of benzene rings is 1. The molecule has 2 aliphatic rings. The maximum atomic E-state index is 9.09. The lowest BCUT2D eigenvalue weighted by Gasteiger charge is -2.12. The van der Waals surface area contributed by atoms with Crippen molar-refractivity contribution in [3.63, 3.8) is 0 Å². The van der Waals surface area contributed by atoms with Crippen molar-refractivity contribution >= 4 is 5.71 Å². The smallest absolute Gasteiger partial charge is 0.225 e. The van der Waals surface area contributed by atoms with Gasteiger partial charge in [0.15, 0.2) is 11.5 Å². The van der Waals surface area contributed by atoms with Crippen LogP contribution in [0.4, 0.5) is 0 Å². The molecule has 1 aromatic rings. The van der Waals surface area contributed by atoms with E-state index in [2.05, 4.69) is 11.2 Å². The molecule has 5 nitrogen and oxygen atoms in total. The molecule has 0 bridgehead atoms. The van der Waals surface area contributed by atoms with Crippen molar-refractivity contribution < 1.29 is 14.3 Å². The Balaban J connectivity index is 1.79. The summed E-state index contributed by atoms with van der Waals surface area (Å²) >= 11 is 0. The van der Waals surface area contributed by atoms with Gasteiger partial charge in [-0.1, -0.05) is 5.16 Å². The highest BCUT2D eigenvalue weighted by molar-refractivity contribution is 6.02. The van der Waals surface area contributed by atoms with Crippen LogP contribution in [0.2, 0.25) is 0 Å². The predicted molar refractivity (Wildman–Crippen MR) is 77.5 cm³/mol. The SMILES string of the molecule is COc1ccc(C2=NOC(C)(C#N)C2)cc1OCC1CC1. The minimum absolute atomic E-state index is 0.470. The van der Waals surface area contributed by atoms with Crippen LogP contribution in [0.1, 0.15) is 31.7 Å². The molecule has 1 aliphatic heterocycles. The first-order valence-corrected chi connectivity index (χ1v) is 7.11. The van der Waals surface area contributed by atoms with E-state index in [1.807, 2.05) is 18.2 Å². The topological polar surface area (TPSA) is 63.8 Å². The van der Waals surface area contributed by atoms with Gasteiger partial charge in [0.25, 0.3) is 0 Å². The van der Waals surface area contributed by atoms with Gasteiger partial charge in [0, 0.05) is 12.0 Å². The summed E-state index contributed by atoms with van der Waals surface area (Å²) in [5.41, 5.74) is 0.795. The fraction of sp³-hybridized carbons (Fsp3) is 0.500. The molecule has 110 valence electrons. The van der Waals surface area contributed by atoms with Crippen LogP contribution in [0, 0.1) is 17.2 Å². The number of methoxy groups -OCH3 is 1. The Bertz CT molecular complexity index is 616. The number of hydrogen-bond acceptors (Lipinski definition) is 5. The van der Waals surface area contributed by atoms with Crippen LogP contribution in [-0.2, 0) is 4.84 Å². The van der Waals surface area contributed by atoms with Crippen LogP contribution in [0.3, 0.4) is 0 Å². The van der Waals surface area contributed by atoms with E-state index in [9.17, 15) is 0 Å². The molecule has 1 unspecified atom stereocenters. The van der Waals surface area contributed by atoms with Gasteiger partial charge >= 0.3 is 0 Å². The van der Waals surface area contributed by atoms with E-state index in [-0.39, 0.29) is 0 Å².